The van der Waals surface area contributed by atoms with E-state index in [2.05, 4.69) is 15.6 Å². The van der Waals surface area contributed by atoms with Gasteiger partial charge in [-0.2, -0.15) is 0 Å². The Bertz CT molecular complexity index is 388. The highest BCUT2D eigenvalue weighted by molar-refractivity contribution is 5.89. The maximum Gasteiger partial charge on any atom is 0.319 e. The van der Waals surface area contributed by atoms with E-state index in [1.807, 2.05) is 0 Å². The minimum absolute atomic E-state index is 0.143. The van der Waals surface area contributed by atoms with Crippen molar-refractivity contribution in [1.82, 2.24) is 10.3 Å². The summed E-state index contributed by atoms with van der Waals surface area (Å²) in [5, 5.41) is 5.46. The van der Waals surface area contributed by atoms with E-state index >= 15 is 0 Å². The van der Waals surface area contributed by atoms with Crippen molar-refractivity contribution in [3.8, 4) is 5.88 Å². The summed E-state index contributed by atoms with van der Waals surface area (Å²) < 4.78 is 10.3. The second kappa shape index (κ2) is 6.20. The van der Waals surface area contributed by atoms with Gasteiger partial charge in [0, 0.05) is 19.2 Å². The van der Waals surface area contributed by atoms with Crippen LogP contribution in [0.15, 0.2) is 18.3 Å². The van der Waals surface area contributed by atoms with E-state index in [1.165, 1.54) is 0 Å². The fourth-order valence-electron chi connectivity index (χ4n) is 1.76. The highest BCUT2D eigenvalue weighted by Gasteiger charge is 2.15. The molecular weight excluding hydrogens is 234 g/mol. The zero-order valence-corrected chi connectivity index (χ0v) is 10.3. The molecule has 1 aromatic rings. The Morgan fingerprint density at radius 1 is 1.61 bits per heavy atom. The van der Waals surface area contributed by atoms with Gasteiger partial charge in [-0.25, -0.2) is 9.78 Å². The van der Waals surface area contributed by atoms with E-state index in [-0.39, 0.29) is 12.1 Å². The zero-order valence-electron chi connectivity index (χ0n) is 10.3. The van der Waals surface area contributed by atoms with Crippen LogP contribution in [0.4, 0.5) is 10.5 Å². The average Bonchev–Trinajstić information content (AvgIpc) is 2.90. The van der Waals surface area contributed by atoms with Crippen molar-refractivity contribution >= 4 is 11.7 Å². The predicted molar refractivity (Wildman–Crippen MR) is 66.8 cm³/mol. The summed E-state index contributed by atoms with van der Waals surface area (Å²) in [6, 6.07) is 3.17. The van der Waals surface area contributed by atoms with E-state index in [1.54, 1.807) is 25.4 Å². The number of hydrogen-bond donors (Lipinski definition) is 2. The Balaban J connectivity index is 1.75. The van der Waals surface area contributed by atoms with Gasteiger partial charge in [0.05, 0.1) is 25.1 Å². The van der Waals surface area contributed by atoms with Gasteiger partial charge in [-0.3, -0.25) is 0 Å². The molecule has 18 heavy (non-hydrogen) atoms. The second-order valence-corrected chi connectivity index (χ2v) is 4.06. The van der Waals surface area contributed by atoms with Gasteiger partial charge in [-0.15, -0.1) is 0 Å². The normalized spacial score (nSPS) is 18.4. The molecule has 0 bridgehead atoms. The first kappa shape index (κ1) is 12.6. The molecule has 0 aliphatic carbocycles. The van der Waals surface area contributed by atoms with Crippen molar-refractivity contribution < 1.29 is 14.3 Å². The molecule has 1 saturated heterocycles. The van der Waals surface area contributed by atoms with Crippen molar-refractivity contribution in [1.29, 1.82) is 0 Å². The molecule has 1 aliphatic rings. The highest BCUT2D eigenvalue weighted by atomic mass is 16.5. The lowest BCUT2D eigenvalue weighted by atomic mass is 10.2. The molecule has 0 saturated carbocycles. The number of ether oxygens (including phenoxy) is 2. The van der Waals surface area contributed by atoms with Gasteiger partial charge < -0.3 is 20.1 Å². The number of nitrogens with one attached hydrogen (secondary N) is 2. The van der Waals surface area contributed by atoms with Gasteiger partial charge in [0.25, 0.3) is 0 Å². The van der Waals surface area contributed by atoms with Gasteiger partial charge >= 0.3 is 6.03 Å². The summed E-state index contributed by atoms with van der Waals surface area (Å²) in [5.74, 6) is 0.514. The van der Waals surface area contributed by atoms with Crippen LogP contribution in [-0.2, 0) is 4.74 Å². The van der Waals surface area contributed by atoms with Crippen molar-refractivity contribution in [3.05, 3.63) is 18.3 Å². The quantitative estimate of drug-likeness (QED) is 0.848. The summed E-state index contributed by atoms with van der Waals surface area (Å²) >= 11 is 0. The molecule has 98 valence electrons. The number of pyridine rings is 1. The standard InChI is InChI=1S/C12H17N3O3/c1-17-11-5-4-9(7-13-11)15-12(16)14-8-10-3-2-6-18-10/h4-5,7,10H,2-3,6,8H2,1H3,(H2,14,15,16)/t10-/m1/s1. The molecule has 0 aromatic carbocycles. The first-order valence-electron chi connectivity index (χ1n) is 5.94. The lowest BCUT2D eigenvalue weighted by molar-refractivity contribution is 0.112. The molecule has 2 rings (SSSR count). The summed E-state index contributed by atoms with van der Waals surface area (Å²) in [6.07, 6.45) is 3.76. The van der Waals surface area contributed by atoms with Crippen LogP contribution in [0, 0.1) is 0 Å². The van der Waals surface area contributed by atoms with Crippen molar-refractivity contribution in [2.45, 2.75) is 18.9 Å². The van der Waals surface area contributed by atoms with E-state index in [0.29, 0.717) is 18.1 Å². The van der Waals surface area contributed by atoms with Gasteiger partial charge in [-0.05, 0) is 18.9 Å². The van der Waals surface area contributed by atoms with Crippen LogP contribution >= 0.6 is 0 Å². The molecule has 0 unspecified atom stereocenters. The first-order chi connectivity index (χ1) is 8.78. The monoisotopic (exact) mass is 251 g/mol. The Hall–Kier alpha value is -1.82. The Kier molecular flexibility index (Phi) is 4.35. The number of methoxy groups -OCH3 is 1. The lowest BCUT2D eigenvalue weighted by Gasteiger charge is -2.11. The number of rotatable bonds is 4. The molecule has 2 heterocycles. The van der Waals surface area contributed by atoms with Gasteiger partial charge in [-0.1, -0.05) is 0 Å². The van der Waals surface area contributed by atoms with Crippen molar-refractivity contribution in [2.24, 2.45) is 0 Å². The minimum atomic E-state index is -0.252. The molecule has 6 nitrogen and oxygen atoms in total. The van der Waals surface area contributed by atoms with Crippen LogP contribution in [0.5, 0.6) is 5.88 Å². The number of anilines is 1. The Morgan fingerprint density at radius 3 is 3.11 bits per heavy atom. The highest BCUT2D eigenvalue weighted by Crippen LogP contribution is 2.12. The molecular formula is C12H17N3O3. The molecule has 6 heteroatoms. The largest absolute Gasteiger partial charge is 0.481 e. The summed E-state index contributed by atoms with van der Waals surface area (Å²) in [6.45, 7) is 1.33. The Labute approximate surface area is 106 Å². The Morgan fingerprint density at radius 2 is 2.50 bits per heavy atom. The maximum atomic E-state index is 11.6. The van der Waals surface area contributed by atoms with Crippen molar-refractivity contribution in [3.63, 3.8) is 0 Å². The molecule has 1 aromatic heterocycles. The molecule has 1 fully saturated rings. The third-order valence-electron chi connectivity index (χ3n) is 2.72. The number of carbonyl (C=O) groups is 1. The number of aromatic nitrogens is 1. The van der Waals surface area contributed by atoms with E-state index in [9.17, 15) is 4.79 Å². The number of amides is 2. The van der Waals surface area contributed by atoms with Crippen LogP contribution in [0.2, 0.25) is 0 Å². The SMILES string of the molecule is COc1ccc(NC(=O)NC[C@H]2CCCO2)cn1. The third-order valence-corrected chi connectivity index (χ3v) is 2.72. The first-order valence-corrected chi connectivity index (χ1v) is 5.94. The van der Waals surface area contributed by atoms with E-state index in [0.717, 1.165) is 19.4 Å². The second-order valence-electron chi connectivity index (χ2n) is 4.06. The number of hydrogen-bond acceptors (Lipinski definition) is 4. The maximum absolute atomic E-state index is 11.6. The van der Waals surface area contributed by atoms with E-state index in [4.69, 9.17) is 9.47 Å². The fourth-order valence-corrected chi connectivity index (χ4v) is 1.76. The van der Waals surface area contributed by atoms with Gasteiger partial charge in [0.1, 0.15) is 0 Å². The van der Waals surface area contributed by atoms with Crippen LogP contribution in [0.3, 0.4) is 0 Å². The average molecular weight is 251 g/mol. The summed E-state index contributed by atoms with van der Waals surface area (Å²) in [5.41, 5.74) is 0.626. The molecule has 1 aliphatic heterocycles. The fraction of sp³-hybridized carbons (Fsp3) is 0.500. The van der Waals surface area contributed by atoms with Gasteiger partial charge in [0.15, 0.2) is 0 Å². The molecule has 2 amide bonds. The van der Waals surface area contributed by atoms with E-state index < -0.39 is 0 Å². The molecule has 0 radical (unpaired) electrons. The topological polar surface area (TPSA) is 72.5 Å². The lowest BCUT2D eigenvalue weighted by Crippen LogP contribution is -2.35. The number of urea groups is 1. The molecule has 0 spiro atoms. The van der Waals surface area contributed by atoms with Crippen LogP contribution in [-0.4, -0.2) is 37.4 Å². The van der Waals surface area contributed by atoms with Crippen LogP contribution < -0.4 is 15.4 Å². The number of nitrogens with zero attached hydrogens (tertiary/aromatic N) is 1. The van der Waals surface area contributed by atoms with Crippen LogP contribution in [0.25, 0.3) is 0 Å². The predicted octanol–water partition coefficient (Wildman–Crippen LogP) is 1.39. The van der Waals surface area contributed by atoms with Crippen molar-refractivity contribution in [2.75, 3.05) is 25.6 Å². The van der Waals surface area contributed by atoms with Gasteiger partial charge in [0.2, 0.25) is 5.88 Å². The number of carbonyl (C=O) groups excluding carboxylic acids is 1. The van der Waals surface area contributed by atoms with Crippen LogP contribution in [0.1, 0.15) is 12.8 Å². The molecule has 2 N–H and O–H groups in total. The third kappa shape index (κ3) is 3.59. The minimum Gasteiger partial charge on any atom is -0.481 e. The summed E-state index contributed by atoms with van der Waals surface area (Å²) in [4.78, 5) is 15.6. The zero-order chi connectivity index (χ0) is 12.8. The summed E-state index contributed by atoms with van der Waals surface area (Å²) in [7, 11) is 1.55. The molecule has 1 atom stereocenters. The smallest absolute Gasteiger partial charge is 0.319 e.